The molecule has 29 heavy (non-hydrogen) atoms. The summed E-state index contributed by atoms with van der Waals surface area (Å²) in [5, 5.41) is 2.76. The number of urea groups is 1. The molecule has 1 aromatic heterocycles. The Morgan fingerprint density at radius 1 is 1.52 bits per heavy atom. The van der Waals surface area contributed by atoms with E-state index in [-0.39, 0.29) is 0 Å². The Labute approximate surface area is 180 Å². The molecule has 2 amide bonds. The van der Waals surface area contributed by atoms with Gasteiger partial charge in [-0.2, -0.15) is 11.8 Å². The van der Waals surface area contributed by atoms with Crippen molar-refractivity contribution in [1.29, 1.82) is 0 Å². The van der Waals surface area contributed by atoms with Gasteiger partial charge in [0.2, 0.25) is 0 Å². The first-order chi connectivity index (χ1) is 14.0. The highest BCUT2D eigenvalue weighted by atomic mass is 79.9. The van der Waals surface area contributed by atoms with Gasteiger partial charge in [-0.3, -0.25) is 0 Å². The summed E-state index contributed by atoms with van der Waals surface area (Å²) in [4.78, 5) is 34.1. The van der Waals surface area contributed by atoms with Crippen molar-refractivity contribution < 1.29 is 18.7 Å². The molecule has 0 saturated heterocycles. The molecule has 0 aliphatic carbocycles. The number of thioether (sulfide) groups is 1. The average molecular weight is 485 g/mol. The number of rotatable bonds is 6. The highest BCUT2D eigenvalue weighted by Crippen LogP contribution is 2.35. The van der Waals surface area contributed by atoms with E-state index in [2.05, 4.69) is 31.2 Å². The predicted molar refractivity (Wildman–Crippen MR) is 112 cm³/mol. The molecule has 156 valence electrons. The Balaban J connectivity index is 1.91. The topological polar surface area (TPSA) is 87.3 Å². The summed E-state index contributed by atoms with van der Waals surface area (Å²) >= 11 is 4.83. The first kappa shape index (κ1) is 21.6. The van der Waals surface area contributed by atoms with Crippen LogP contribution in [0.1, 0.15) is 29.4 Å². The molecule has 2 aromatic rings. The Hall–Kier alpha value is -2.07. The Morgan fingerprint density at radius 3 is 3.00 bits per heavy atom. The maximum atomic E-state index is 14.8. The quantitative estimate of drug-likeness (QED) is 0.614. The van der Waals surface area contributed by atoms with Gasteiger partial charge in [-0.05, 0) is 30.6 Å². The lowest BCUT2D eigenvalue weighted by atomic mass is 9.95. The number of halogens is 2. The maximum absolute atomic E-state index is 14.8. The number of nitrogens with zero attached hydrogens (tertiary/aromatic N) is 2. The molecule has 0 fully saturated rings. The second-order valence-corrected chi connectivity index (χ2v) is 8.49. The van der Waals surface area contributed by atoms with Gasteiger partial charge in [0, 0.05) is 28.7 Å². The molecule has 2 heterocycles. The SMILES string of the molecule is COC(=O)[C@H](CCSC)NC(=O)N1CCc2[nH]cnc2C1c1ccc(Br)cc1F. The number of nitrogens with one attached hydrogen (secondary N) is 2. The number of amides is 2. The first-order valence-electron chi connectivity index (χ1n) is 9.07. The predicted octanol–water partition coefficient (Wildman–Crippen LogP) is 3.26. The van der Waals surface area contributed by atoms with E-state index < -0.39 is 29.9 Å². The van der Waals surface area contributed by atoms with Gasteiger partial charge in [-0.1, -0.05) is 22.0 Å². The van der Waals surface area contributed by atoms with Crippen LogP contribution >= 0.6 is 27.7 Å². The van der Waals surface area contributed by atoms with E-state index in [0.29, 0.717) is 40.9 Å². The molecule has 1 aromatic carbocycles. The van der Waals surface area contributed by atoms with Crippen LogP contribution in [-0.2, 0) is 16.0 Å². The second kappa shape index (κ2) is 9.62. The number of H-pyrrole nitrogens is 1. The molecule has 2 N–H and O–H groups in total. The highest BCUT2D eigenvalue weighted by molar-refractivity contribution is 9.10. The van der Waals surface area contributed by atoms with Crippen LogP contribution < -0.4 is 5.32 Å². The number of fused-ring (bicyclic) bond motifs is 1. The Morgan fingerprint density at radius 2 is 2.31 bits per heavy atom. The second-order valence-electron chi connectivity index (χ2n) is 6.58. The minimum Gasteiger partial charge on any atom is -0.467 e. The fraction of sp³-hybridized carbons (Fsp3) is 0.421. The number of methoxy groups -OCH3 is 1. The summed E-state index contributed by atoms with van der Waals surface area (Å²) in [6.07, 6.45) is 4.47. The number of aromatic amines is 1. The minimum atomic E-state index is -0.768. The summed E-state index contributed by atoms with van der Waals surface area (Å²) in [5.74, 6) is -0.255. The van der Waals surface area contributed by atoms with Crippen molar-refractivity contribution in [1.82, 2.24) is 20.2 Å². The zero-order chi connectivity index (χ0) is 21.0. The van der Waals surface area contributed by atoms with Crippen LogP contribution in [0.3, 0.4) is 0 Å². The van der Waals surface area contributed by atoms with Crippen molar-refractivity contribution in [3.05, 3.63) is 51.8 Å². The van der Waals surface area contributed by atoms with Gasteiger partial charge in [0.25, 0.3) is 0 Å². The number of benzene rings is 1. The smallest absolute Gasteiger partial charge is 0.328 e. The molecular formula is C19H22BrFN4O3S. The van der Waals surface area contributed by atoms with Gasteiger partial charge in [0.15, 0.2) is 0 Å². The molecule has 0 radical (unpaired) electrons. The molecular weight excluding hydrogens is 463 g/mol. The van der Waals surface area contributed by atoms with Gasteiger partial charge < -0.3 is 19.9 Å². The van der Waals surface area contributed by atoms with Crippen LogP contribution in [0, 0.1) is 5.82 Å². The van der Waals surface area contributed by atoms with E-state index >= 15 is 0 Å². The van der Waals surface area contributed by atoms with Crippen molar-refractivity contribution in [2.45, 2.75) is 24.9 Å². The van der Waals surface area contributed by atoms with Crippen LogP contribution in [0.25, 0.3) is 0 Å². The molecule has 7 nitrogen and oxygen atoms in total. The van der Waals surface area contributed by atoms with Crippen molar-refractivity contribution in [2.24, 2.45) is 0 Å². The molecule has 10 heteroatoms. The zero-order valence-corrected chi connectivity index (χ0v) is 18.5. The van der Waals surface area contributed by atoms with E-state index in [4.69, 9.17) is 4.74 Å². The summed E-state index contributed by atoms with van der Waals surface area (Å²) < 4.78 is 20.2. The monoisotopic (exact) mass is 484 g/mol. The number of ether oxygens (including phenoxy) is 1. The fourth-order valence-electron chi connectivity index (χ4n) is 3.39. The minimum absolute atomic E-state index is 0.343. The molecule has 1 aliphatic heterocycles. The van der Waals surface area contributed by atoms with Crippen molar-refractivity contribution in [3.8, 4) is 0 Å². The third-order valence-electron chi connectivity index (χ3n) is 4.84. The lowest BCUT2D eigenvalue weighted by molar-refractivity contribution is -0.142. The number of carbonyl (C=O) groups excluding carboxylic acids is 2. The third-order valence-corrected chi connectivity index (χ3v) is 5.97. The molecule has 2 atom stereocenters. The van der Waals surface area contributed by atoms with Gasteiger partial charge in [-0.25, -0.2) is 19.0 Å². The van der Waals surface area contributed by atoms with E-state index in [9.17, 15) is 14.0 Å². The molecule has 3 rings (SSSR count). The van der Waals surface area contributed by atoms with Crippen molar-refractivity contribution in [3.63, 3.8) is 0 Å². The molecule has 1 unspecified atom stereocenters. The maximum Gasteiger partial charge on any atom is 0.328 e. The molecule has 0 spiro atoms. The summed E-state index contributed by atoms with van der Waals surface area (Å²) in [6, 6.07) is 2.81. The number of hydrogen-bond acceptors (Lipinski definition) is 5. The largest absolute Gasteiger partial charge is 0.467 e. The van der Waals surface area contributed by atoms with E-state index in [1.54, 1.807) is 30.2 Å². The summed E-state index contributed by atoms with van der Waals surface area (Å²) in [5.41, 5.74) is 1.81. The number of esters is 1. The van der Waals surface area contributed by atoms with Crippen LogP contribution in [0.5, 0.6) is 0 Å². The zero-order valence-electron chi connectivity index (χ0n) is 16.1. The van der Waals surface area contributed by atoms with Crippen molar-refractivity contribution in [2.75, 3.05) is 25.7 Å². The van der Waals surface area contributed by atoms with E-state index in [0.717, 1.165) is 5.69 Å². The lowest BCUT2D eigenvalue weighted by Crippen LogP contribution is -2.51. The van der Waals surface area contributed by atoms with Gasteiger partial charge in [0.05, 0.1) is 19.1 Å². The lowest BCUT2D eigenvalue weighted by Gasteiger charge is -2.36. The van der Waals surface area contributed by atoms with E-state index in [1.807, 2.05) is 6.26 Å². The normalized spacial score (nSPS) is 16.8. The van der Waals surface area contributed by atoms with Crippen LogP contribution in [0.15, 0.2) is 29.0 Å². The van der Waals surface area contributed by atoms with Crippen LogP contribution in [-0.4, -0.2) is 58.6 Å². The van der Waals surface area contributed by atoms with E-state index in [1.165, 1.54) is 18.1 Å². The molecule has 0 bridgehead atoms. The fourth-order valence-corrected chi connectivity index (χ4v) is 4.20. The highest BCUT2D eigenvalue weighted by Gasteiger charge is 2.37. The molecule has 0 saturated carbocycles. The Bertz CT molecular complexity index is 894. The standard InChI is InChI=1S/C19H22BrFN4O3S/c1-28-18(26)15(6-8-29-2)24-19(27)25-7-5-14-16(23-10-22-14)17(25)12-4-3-11(20)9-13(12)21/h3-4,9-10,15,17H,5-8H2,1-2H3,(H,22,23)(H,24,27)/t15-,17?/m0/s1. The summed E-state index contributed by atoms with van der Waals surface area (Å²) in [6.45, 7) is 0.359. The molecule has 1 aliphatic rings. The van der Waals surface area contributed by atoms with Crippen LogP contribution in [0.2, 0.25) is 0 Å². The number of hydrogen-bond donors (Lipinski definition) is 2. The third kappa shape index (κ3) is 4.75. The van der Waals surface area contributed by atoms with Crippen molar-refractivity contribution >= 4 is 39.7 Å². The van der Waals surface area contributed by atoms with Crippen LogP contribution in [0.4, 0.5) is 9.18 Å². The van der Waals surface area contributed by atoms with Gasteiger partial charge >= 0.3 is 12.0 Å². The number of carbonyl (C=O) groups is 2. The first-order valence-corrected chi connectivity index (χ1v) is 11.3. The van der Waals surface area contributed by atoms with Gasteiger partial charge in [-0.15, -0.1) is 0 Å². The van der Waals surface area contributed by atoms with Gasteiger partial charge in [0.1, 0.15) is 17.9 Å². The summed E-state index contributed by atoms with van der Waals surface area (Å²) in [7, 11) is 1.29. The number of aromatic nitrogens is 2. The average Bonchev–Trinajstić information content (AvgIpc) is 3.19. The Kier molecular flexibility index (Phi) is 7.18. The number of imidazole rings is 1.